The van der Waals surface area contributed by atoms with Crippen molar-refractivity contribution in [1.29, 1.82) is 0 Å². The predicted molar refractivity (Wildman–Crippen MR) is 60.8 cm³/mol. The lowest BCUT2D eigenvalue weighted by Gasteiger charge is -2.19. The second-order valence-electron chi connectivity index (χ2n) is 3.53. The Bertz CT molecular complexity index is 338. The second kappa shape index (κ2) is 5.72. The van der Waals surface area contributed by atoms with Crippen LogP contribution >= 0.6 is 0 Å². The molecule has 90 valence electrons. The molecule has 0 saturated carbocycles. The van der Waals surface area contributed by atoms with Crippen LogP contribution in [0.4, 0.5) is 0 Å². The van der Waals surface area contributed by atoms with Crippen molar-refractivity contribution in [3.05, 3.63) is 23.8 Å². The summed E-state index contributed by atoms with van der Waals surface area (Å²) in [6.07, 6.45) is -1.25. The molecule has 0 spiro atoms. The SMILES string of the molecule is CCC(O)C(O)c1ccc(OC)cc1OC. The molecule has 0 aromatic heterocycles. The maximum atomic E-state index is 9.89. The molecule has 0 bridgehead atoms. The van der Waals surface area contributed by atoms with Crippen molar-refractivity contribution in [2.75, 3.05) is 14.2 Å². The van der Waals surface area contributed by atoms with Crippen molar-refractivity contribution in [3.8, 4) is 11.5 Å². The highest BCUT2D eigenvalue weighted by atomic mass is 16.5. The largest absolute Gasteiger partial charge is 0.497 e. The van der Waals surface area contributed by atoms with Gasteiger partial charge in [0.05, 0.1) is 20.3 Å². The molecule has 1 aromatic rings. The average Bonchev–Trinajstić information content (AvgIpc) is 2.35. The van der Waals surface area contributed by atoms with Crippen LogP contribution in [0.15, 0.2) is 18.2 Å². The number of methoxy groups -OCH3 is 2. The zero-order valence-electron chi connectivity index (χ0n) is 9.80. The van der Waals surface area contributed by atoms with E-state index in [-0.39, 0.29) is 0 Å². The molecule has 1 aromatic carbocycles. The van der Waals surface area contributed by atoms with Crippen molar-refractivity contribution >= 4 is 0 Å². The van der Waals surface area contributed by atoms with Gasteiger partial charge in [-0.15, -0.1) is 0 Å². The van der Waals surface area contributed by atoms with E-state index in [0.717, 1.165) is 0 Å². The average molecular weight is 226 g/mol. The molecule has 0 aliphatic rings. The van der Waals surface area contributed by atoms with Crippen LogP contribution in [0.25, 0.3) is 0 Å². The monoisotopic (exact) mass is 226 g/mol. The van der Waals surface area contributed by atoms with Crippen LogP contribution < -0.4 is 9.47 Å². The van der Waals surface area contributed by atoms with Gasteiger partial charge in [0.1, 0.15) is 17.6 Å². The molecule has 4 heteroatoms. The Morgan fingerprint density at radius 1 is 1.19 bits per heavy atom. The van der Waals surface area contributed by atoms with Gasteiger partial charge in [0.2, 0.25) is 0 Å². The summed E-state index contributed by atoms with van der Waals surface area (Å²) < 4.78 is 10.2. The minimum atomic E-state index is -0.939. The Morgan fingerprint density at radius 3 is 2.38 bits per heavy atom. The lowest BCUT2D eigenvalue weighted by molar-refractivity contribution is 0.0151. The van der Waals surface area contributed by atoms with Crippen LogP contribution in [0, 0.1) is 0 Å². The van der Waals surface area contributed by atoms with Gasteiger partial charge in [-0.25, -0.2) is 0 Å². The molecule has 2 unspecified atom stereocenters. The Morgan fingerprint density at radius 2 is 1.88 bits per heavy atom. The van der Waals surface area contributed by atoms with E-state index in [1.165, 1.54) is 7.11 Å². The molecule has 2 N–H and O–H groups in total. The van der Waals surface area contributed by atoms with E-state index in [9.17, 15) is 10.2 Å². The molecule has 0 heterocycles. The molecular weight excluding hydrogens is 208 g/mol. The van der Waals surface area contributed by atoms with Crippen molar-refractivity contribution < 1.29 is 19.7 Å². The third kappa shape index (κ3) is 2.65. The topological polar surface area (TPSA) is 58.9 Å². The third-order valence-corrected chi connectivity index (χ3v) is 2.54. The first kappa shape index (κ1) is 12.8. The molecule has 0 saturated heterocycles. The number of aliphatic hydroxyl groups is 2. The first-order valence-electron chi connectivity index (χ1n) is 5.22. The predicted octanol–water partition coefficient (Wildman–Crippen LogP) is 1.51. The van der Waals surface area contributed by atoms with Gasteiger partial charge in [-0.2, -0.15) is 0 Å². The number of hydrogen-bond acceptors (Lipinski definition) is 4. The van der Waals surface area contributed by atoms with Crippen LogP contribution in [0.1, 0.15) is 25.0 Å². The molecule has 0 fully saturated rings. The number of hydrogen-bond donors (Lipinski definition) is 2. The first-order valence-corrected chi connectivity index (χ1v) is 5.22. The van der Waals surface area contributed by atoms with E-state index >= 15 is 0 Å². The van der Waals surface area contributed by atoms with E-state index in [4.69, 9.17) is 9.47 Å². The molecule has 0 amide bonds. The number of aliphatic hydroxyl groups excluding tert-OH is 2. The van der Waals surface area contributed by atoms with E-state index in [0.29, 0.717) is 23.5 Å². The van der Waals surface area contributed by atoms with Gasteiger partial charge in [0, 0.05) is 11.6 Å². The summed E-state index contributed by atoms with van der Waals surface area (Å²) in [6, 6.07) is 5.10. The van der Waals surface area contributed by atoms with E-state index in [1.54, 1.807) is 25.3 Å². The summed E-state index contributed by atoms with van der Waals surface area (Å²) in [5, 5.41) is 19.5. The molecule has 1 rings (SSSR count). The summed E-state index contributed by atoms with van der Waals surface area (Å²) in [6.45, 7) is 1.81. The van der Waals surface area contributed by atoms with Gasteiger partial charge in [-0.3, -0.25) is 0 Å². The summed E-state index contributed by atoms with van der Waals surface area (Å²) in [5.74, 6) is 1.16. The minimum absolute atomic E-state index is 0.482. The molecule has 16 heavy (non-hydrogen) atoms. The molecule has 0 aliphatic carbocycles. The smallest absolute Gasteiger partial charge is 0.128 e. The Labute approximate surface area is 95.4 Å². The second-order valence-corrected chi connectivity index (χ2v) is 3.53. The standard InChI is InChI=1S/C12H18O4/c1-4-10(13)12(14)9-6-5-8(15-2)7-11(9)16-3/h5-7,10,12-14H,4H2,1-3H3. The van der Waals surface area contributed by atoms with Gasteiger partial charge >= 0.3 is 0 Å². The van der Waals surface area contributed by atoms with Gasteiger partial charge in [0.15, 0.2) is 0 Å². The van der Waals surface area contributed by atoms with Crippen LogP contribution in [0.2, 0.25) is 0 Å². The molecule has 4 nitrogen and oxygen atoms in total. The number of rotatable bonds is 5. The molecule has 2 atom stereocenters. The Balaban J connectivity index is 3.03. The summed E-state index contributed by atoms with van der Waals surface area (Å²) in [7, 11) is 3.08. The fraction of sp³-hybridized carbons (Fsp3) is 0.500. The quantitative estimate of drug-likeness (QED) is 0.799. The van der Waals surface area contributed by atoms with Crippen LogP contribution in [0.3, 0.4) is 0 Å². The lowest BCUT2D eigenvalue weighted by Crippen LogP contribution is -2.17. The normalized spacial score (nSPS) is 14.3. The van der Waals surface area contributed by atoms with Crippen molar-refractivity contribution in [2.24, 2.45) is 0 Å². The fourth-order valence-corrected chi connectivity index (χ4v) is 1.49. The van der Waals surface area contributed by atoms with Crippen molar-refractivity contribution in [2.45, 2.75) is 25.6 Å². The highest BCUT2D eigenvalue weighted by Gasteiger charge is 2.20. The minimum Gasteiger partial charge on any atom is -0.497 e. The molecular formula is C12H18O4. The van der Waals surface area contributed by atoms with E-state index < -0.39 is 12.2 Å². The van der Waals surface area contributed by atoms with E-state index in [1.807, 2.05) is 6.92 Å². The van der Waals surface area contributed by atoms with Crippen molar-refractivity contribution in [3.63, 3.8) is 0 Å². The van der Waals surface area contributed by atoms with Crippen molar-refractivity contribution in [1.82, 2.24) is 0 Å². The number of ether oxygens (including phenoxy) is 2. The summed E-state index contributed by atoms with van der Waals surface area (Å²) in [5.41, 5.74) is 0.567. The van der Waals surface area contributed by atoms with Crippen LogP contribution in [0.5, 0.6) is 11.5 Å². The highest BCUT2D eigenvalue weighted by molar-refractivity contribution is 5.42. The van der Waals surface area contributed by atoms with Gasteiger partial charge in [-0.1, -0.05) is 6.92 Å². The Kier molecular flexibility index (Phi) is 4.58. The zero-order chi connectivity index (χ0) is 12.1. The maximum Gasteiger partial charge on any atom is 0.128 e. The Hall–Kier alpha value is -1.26. The first-order chi connectivity index (χ1) is 7.63. The van der Waals surface area contributed by atoms with Crippen LogP contribution in [-0.4, -0.2) is 30.5 Å². The summed E-state index contributed by atoms with van der Waals surface area (Å²) >= 11 is 0. The highest BCUT2D eigenvalue weighted by Crippen LogP contribution is 2.31. The molecule has 0 radical (unpaired) electrons. The van der Waals surface area contributed by atoms with Crippen LogP contribution in [-0.2, 0) is 0 Å². The van der Waals surface area contributed by atoms with Gasteiger partial charge in [-0.05, 0) is 18.6 Å². The summed E-state index contributed by atoms with van der Waals surface area (Å²) in [4.78, 5) is 0. The molecule has 0 aliphatic heterocycles. The maximum absolute atomic E-state index is 9.89. The fourth-order valence-electron chi connectivity index (χ4n) is 1.49. The number of benzene rings is 1. The van der Waals surface area contributed by atoms with Gasteiger partial charge < -0.3 is 19.7 Å². The van der Waals surface area contributed by atoms with Gasteiger partial charge in [0.25, 0.3) is 0 Å². The van der Waals surface area contributed by atoms with E-state index in [2.05, 4.69) is 0 Å². The zero-order valence-corrected chi connectivity index (χ0v) is 9.80. The third-order valence-electron chi connectivity index (χ3n) is 2.54. The lowest BCUT2D eigenvalue weighted by atomic mass is 10.0.